The highest BCUT2D eigenvalue weighted by Gasteiger charge is 2.42. The van der Waals surface area contributed by atoms with E-state index >= 15 is 0 Å². The van der Waals surface area contributed by atoms with Crippen LogP contribution < -0.4 is 10.2 Å². The maximum atomic E-state index is 14.8. The van der Waals surface area contributed by atoms with Crippen LogP contribution in [0.1, 0.15) is 27.2 Å². The number of anilines is 2. The van der Waals surface area contributed by atoms with Crippen LogP contribution in [0.5, 0.6) is 0 Å². The third-order valence-corrected chi connectivity index (χ3v) is 5.34. The zero-order valence-corrected chi connectivity index (χ0v) is 20.0. The second-order valence-corrected chi connectivity index (χ2v) is 9.12. The van der Waals surface area contributed by atoms with Crippen LogP contribution in [-0.2, 0) is 28.5 Å². The van der Waals surface area contributed by atoms with E-state index in [-0.39, 0.29) is 31.2 Å². The molecule has 188 valence electrons. The van der Waals surface area contributed by atoms with E-state index in [0.717, 1.165) is 0 Å². The second kappa shape index (κ2) is 11.1. The van der Waals surface area contributed by atoms with Gasteiger partial charge in [0.05, 0.1) is 38.2 Å². The Morgan fingerprint density at radius 1 is 1.26 bits per heavy atom. The Morgan fingerprint density at radius 2 is 2.03 bits per heavy atom. The highest BCUT2D eigenvalue weighted by molar-refractivity contribution is 5.98. The van der Waals surface area contributed by atoms with Gasteiger partial charge in [0.15, 0.2) is 0 Å². The first kappa shape index (κ1) is 25.9. The van der Waals surface area contributed by atoms with Gasteiger partial charge in [-0.05, 0) is 39.0 Å². The molecule has 0 unspecified atom stereocenters. The van der Waals surface area contributed by atoms with Crippen LogP contribution in [-0.4, -0.2) is 87.2 Å². The molecule has 3 amide bonds. The van der Waals surface area contributed by atoms with Crippen LogP contribution in [0.2, 0.25) is 0 Å². The first-order chi connectivity index (χ1) is 16.1. The number of nitrogens with one attached hydrogen (secondary N) is 1. The van der Waals surface area contributed by atoms with Crippen molar-refractivity contribution >= 4 is 29.3 Å². The third-order valence-electron chi connectivity index (χ3n) is 5.34. The van der Waals surface area contributed by atoms with Gasteiger partial charge in [-0.2, -0.15) is 0 Å². The summed E-state index contributed by atoms with van der Waals surface area (Å²) in [6.45, 7) is 6.68. The number of carbonyl (C=O) groups excluding carboxylic acids is 3. The van der Waals surface area contributed by atoms with Crippen molar-refractivity contribution in [3.63, 3.8) is 0 Å². The van der Waals surface area contributed by atoms with Crippen molar-refractivity contribution in [2.45, 2.75) is 44.9 Å². The molecule has 0 bridgehead atoms. The fourth-order valence-corrected chi connectivity index (χ4v) is 3.77. The van der Waals surface area contributed by atoms with E-state index in [1.807, 2.05) is 0 Å². The highest BCUT2D eigenvalue weighted by Crippen LogP contribution is 2.27. The number of hydrogen-bond donors (Lipinski definition) is 1. The Bertz CT molecular complexity index is 905. The van der Waals surface area contributed by atoms with Crippen molar-refractivity contribution < 1.29 is 37.7 Å². The molecule has 2 atom stereocenters. The maximum Gasteiger partial charge on any atom is 0.411 e. The van der Waals surface area contributed by atoms with Gasteiger partial charge >= 0.3 is 6.09 Å². The second-order valence-electron chi connectivity index (χ2n) is 9.12. The molecule has 10 nitrogen and oxygen atoms in total. The predicted molar refractivity (Wildman–Crippen MR) is 121 cm³/mol. The molecule has 2 fully saturated rings. The van der Waals surface area contributed by atoms with Crippen molar-refractivity contribution in [3.8, 4) is 0 Å². The van der Waals surface area contributed by atoms with Crippen molar-refractivity contribution in [3.05, 3.63) is 24.0 Å². The van der Waals surface area contributed by atoms with Crippen molar-refractivity contribution in [2.24, 2.45) is 0 Å². The van der Waals surface area contributed by atoms with Gasteiger partial charge in [0.25, 0.3) is 5.91 Å². The standard InChI is InChI=1S/C23H32FN3O7/c1-23(2,3)34-22(30)27-13-16(33-10-9-31-4)12-19(27)21(29)25-18-6-5-15(11-17(18)24)26-7-8-32-14-20(26)28/h5-6,11,16,19H,7-10,12-14H2,1-4H3,(H,25,29)/t16-,19-/m1/s1. The van der Waals surface area contributed by atoms with Crippen molar-refractivity contribution in [1.82, 2.24) is 4.90 Å². The molecule has 0 saturated carbocycles. The molecule has 0 aromatic heterocycles. The number of hydrogen-bond acceptors (Lipinski definition) is 7. The van der Waals surface area contributed by atoms with E-state index < -0.39 is 35.6 Å². The molecule has 3 rings (SSSR count). The number of rotatable bonds is 7. The summed E-state index contributed by atoms with van der Waals surface area (Å²) in [5, 5.41) is 2.56. The van der Waals surface area contributed by atoms with E-state index in [1.54, 1.807) is 33.9 Å². The molecule has 0 aliphatic carbocycles. The number of likely N-dealkylation sites (tertiary alicyclic amines) is 1. The van der Waals surface area contributed by atoms with E-state index in [0.29, 0.717) is 32.1 Å². The number of methoxy groups -OCH3 is 1. The van der Waals surface area contributed by atoms with Crippen LogP contribution in [0.4, 0.5) is 20.6 Å². The van der Waals surface area contributed by atoms with Crippen LogP contribution in [0.15, 0.2) is 18.2 Å². The fourth-order valence-electron chi connectivity index (χ4n) is 3.77. The molecule has 1 aromatic rings. The minimum absolute atomic E-state index is 0.0534. The predicted octanol–water partition coefficient (Wildman–Crippen LogP) is 2.17. The molecule has 2 aliphatic heterocycles. The Morgan fingerprint density at radius 3 is 2.68 bits per heavy atom. The summed E-state index contributed by atoms with van der Waals surface area (Å²) in [6, 6.07) is 3.24. The number of morpholine rings is 1. The molecule has 0 radical (unpaired) electrons. The summed E-state index contributed by atoms with van der Waals surface area (Å²) in [5.74, 6) is -1.52. The monoisotopic (exact) mass is 481 g/mol. The van der Waals surface area contributed by atoms with Gasteiger partial charge in [0.1, 0.15) is 24.1 Å². The highest BCUT2D eigenvalue weighted by atomic mass is 19.1. The zero-order valence-electron chi connectivity index (χ0n) is 20.0. The van der Waals surface area contributed by atoms with Crippen LogP contribution in [0.25, 0.3) is 0 Å². The van der Waals surface area contributed by atoms with Gasteiger partial charge in [0.2, 0.25) is 5.91 Å². The van der Waals surface area contributed by atoms with Gasteiger partial charge in [-0.15, -0.1) is 0 Å². The topological polar surface area (TPSA) is 107 Å². The molecule has 2 heterocycles. The summed E-state index contributed by atoms with van der Waals surface area (Å²) in [7, 11) is 1.55. The quantitative estimate of drug-likeness (QED) is 0.595. The average Bonchev–Trinajstić information content (AvgIpc) is 3.19. The third kappa shape index (κ3) is 6.64. The lowest BCUT2D eigenvalue weighted by Gasteiger charge is -2.28. The Labute approximate surface area is 198 Å². The van der Waals surface area contributed by atoms with Gasteiger partial charge in [-0.25, -0.2) is 9.18 Å². The van der Waals surface area contributed by atoms with Gasteiger partial charge < -0.3 is 29.2 Å². The summed E-state index contributed by atoms with van der Waals surface area (Å²) < 4.78 is 36.1. The first-order valence-corrected chi connectivity index (χ1v) is 11.2. The number of benzene rings is 1. The van der Waals surface area contributed by atoms with Crippen molar-refractivity contribution in [1.29, 1.82) is 0 Å². The van der Waals surface area contributed by atoms with Gasteiger partial charge in [-0.3, -0.25) is 14.5 Å². The molecular weight excluding hydrogens is 449 g/mol. The van der Waals surface area contributed by atoms with Crippen molar-refractivity contribution in [2.75, 3.05) is 56.8 Å². The van der Waals surface area contributed by atoms with Gasteiger partial charge in [-0.1, -0.05) is 0 Å². The van der Waals surface area contributed by atoms with E-state index in [2.05, 4.69) is 5.32 Å². The number of amides is 3. The smallest absolute Gasteiger partial charge is 0.411 e. The molecule has 34 heavy (non-hydrogen) atoms. The number of carbonyl (C=O) groups is 3. The Hall–Kier alpha value is -2.76. The fraction of sp³-hybridized carbons (Fsp3) is 0.609. The molecule has 0 spiro atoms. The molecular formula is C23H32FN3O7. The summed E-state index contributed by atoms with van der Waals surface area (Å²) in [4.78, 5) is 40.6. The SMILES string of the molecule is COCCO[C@@H]1C[C@H](C(=O)Nc2ccc(N3CCOCC3=O)cc2F)N(C(=O)OC(C)(C)C)C1. The van der Waals surface area contributed by atoms with Gasteiger partial charge in [0, 0.05) is 25.8 Å². The minimum atomic E-state index is -0.901. The average molecular weight is 482 g/mol. The zero-order chi connectivity index (χ0) is 24.9. The van der Waals surface area contributed by atoms with Crippen LogP contribution in [0, 0.1) is 5.82 Å². The lowest BCUT2D eigenvalue weighted by Crippen LogP contribution is -2.45. The summed E-state index contributed by atoms with van der Waals surface area (Å²) in [5.41, 5.74) is -0.416. The lowest BCUT2D eigenvalue weighted by atomic mass is 10.1. The normalized spacial score (nSPS) is 21.0. The van der Waals surface area contributed by atoms with E-state index in [4.69, 9.17) is 18.9 Å². The molecule has 2 aliphatic rings. The summed E-state index contributed by atoms with van der Waals surface area (Å²) >= 11 is 0. The molecule has 2 saturated heterocycles. The number of nitrogens with zero attached hydrogens (tertiary/aromatic N) is 2. The van der Waals surface area contributed by atoms with E-state index in [9.17, 15) is 18.8 Å². The van der Waals surface area contributed by atoms with Crippen LogP contribution in [0.3, 0.4) is 0 Å². The maximum absolute atomic E-state index is 14.8. The minimum Gasteiger partial charge on any atom is -0.444 e. The Balaban J connectivity index is 1.72. The molecule has 1 aromatic carbocycles. The number of ether oxygens (including phenoxy) is 4. The lowest BCUT2D eigenvalue weighted by molar-refractivity contribution is -0.125. The molecule has 11 heteroatoms. The number of halogens is 1. The van der Waals surface area contributed by atoms with Crippen LogP contribution >= 0.6 is 0 Å². The van der Waals surface area contributed by atoms with E-state index in [1.165, 1.54) is 21.9 Å². The largest absolute Gasteiger partial charge is 0.444 e. The first-order valence-electron chi connectivity index (χ1n) is 11.2. The Kier molecular flexibility index (Phi) is 8.45. The summed E-state index contributed by atoms with van der Waals surface area (Å²) in [6.07, 6.45) is -0.804. The molecule has 1 N–H and O–H groups in total.